The van der Waals surface area contributed by atoms with E-state index in [2.05, 4.69) is 0 Å². The van der Waals surface area contributed by atoms with E-state index < -0.39 is 35.0 Å². The molecule has 168 valence electrons. The number of imide groups is 1. The van der Waals surface area contributed by atoms with Crippen LogP contribution in [0.1, 0.15) is 18.1 Å². The number of fused-ring (bicyclic) bond motifs is 1. The maximum absolute atomic E-state index is 13.7. The molecule has 0 bridgehead atoms. The molecule has 1 aliphatic carbocycles. The molecule has 1 heterocycles. The minimum atomic E-state index is -1.35. The normalized spacial score (nSPS) is 23.7. The second kappa shape index (κ2) is 8.30. The predicted molar refractivity (Wildman–Crippen MR) is 117 cm³/mol. The van der Waals surface area contributed by atoms with Crippen molar-refractivity contribution in [2.75, 3.05) is 20.8 Å². The van der Waals surface area contributed by atoms with Gasteiger partial charge < -0.3 is 14.2 Å². The molecule has 2 aromatic carbocycles. The van der Waals surface area contributed by atoms with Crippen LogP contribution in [0.2, 0.25) is 10.0 Å². The minimum Gasteiger partial charge on any atom is -0.497 e. The van der Waals surface area contributed by atoms with Crippen molar-refractivity contribution in [1.82, 2.24) is 4.90 Å². The van der Waals surface area contributed by atoms with Gasteiger partial charge >= 0.3 is 5.97 Å². The van der Waals surface area contributed by atoms with Gasteiger partial charge in [-0.15, -0.1) is 0 Å². The van der Waals surface area contributed by atoms with E-state index in [1.165, 1.54) is 14.2 Å². The van der Waals surface area contributed by atoms with Crippen molar-refractivity contribution in [2.24, 2.45) is 11.8 Å². The zero-order valence-electron chi connectivity index (χ0n) is 17.7. The smallest absolute Gasteiger partial charge is 0.311 e. The van der Waals surface area contributed by atoms with Crippen LogP contribution in [0.4, 0.5) is 0 Å². The van der Waals surface area contributed by atoms with Gasteiger partial charge in [-0.2, -0.15) is 0 Å². The average Bonchev–Trinajstić information content (AvgIpc) is 3.44. The molecule has 2 aliphatic rings. The third-order valence-corrected chi connectivity index (χ3v) is 6.84. The maximum Gasteiger partial charge on any atom is 0.311 e. The van der Waals surface area contributed by atoms with E-state index in [1.54, 1.807) is 43.3 Å². The molecule has 0 spiro atoms. The molecule has 1 saturated heterocycles. The number of ether oxygens (including phenoxy) is 3. The number of carbonyl (C=O) groups excluding carboxylic acids is 3. The van der Waals surface area contributed by atoms with Crippen LogP contribution >= 0.6 is 23.2 Å². The molecule has 2 amide bonds. The van der Waals surface area contributed by atoms with E-state index in [9.17, 15) is 14.4 Å². The molecule has 0 radical (unpaired) electrons. The summed E-state index contributed by atoms with van der Waals surface area (Å²) >= 11 is 12.2. The fourth-order valence-electron chi connectivity index (χ4n) is 4.58. The van der Waals surface area contributed by atoms with Gasteiger partial charge in [-0.3, -0.25) is 19.3 Å². The van der Waals surface area contributed by atoms with Crippen LogP contribution in [0.3, 0.4) is 0 Å². The first-order valence-electron chi connectivity index (χ1n) is 10.00. The van der Waals surface area contributed by atoms with Crippen molar-refractivity contribution in [3.8, 4) is 11.5 Å². The summed E-state index contributed by atoms with van der Waals surface area (Å²) in [4.78, 5) is 40.8. The van der Waals surface area contributed by atoms with Crippen LogP contribution < -0.4 is 9.47 Å². The number of carbonyl (C=O) groups is 3. The van der Waals surface area contributed by atoms with E-state index in [-0.39, 0.29) is 18.2 Å². The molecule has 0 N–H and O–H groups in total. The highest BCUT2D eigenvalue weighted by molar-refractivity contribution is 6.42. The SMILES string of the molecule is CCOC(=O)[C@@H]1[C@H]2C(=O)N(Cc3ccc(OC)cc3OC)C(=O)[C@@]12c1ccc(Cl)c(Cl)c1. The van der Waals surface area contributed by atoms with Crippen molar-refractivity contribution in [1.29, 1.82) is 0 Å². The molecular weight excluding hydrogens is 457 g/mol. The lowest BCUT2D eigenvalue weighted by atomic mass is 9.91. The maximum atomic E-state index is 13.7. The monoisotopic (exact) mass is 477 g/mol. The second-order valence-corrected chi connectivity index (χ2v) is 8.43. The Labute approximate surface area is 195 Å². The lowest BCUT2D eigenvalue weighted by molar-refractivity contribution is -0.152. The number of nitrogens with zero attached hydrogens (tertiary/aromatic N) is 1. The number of amides is 2. The first-order valence-corrected chi connectivity index (χ1v) is 10.8. The van der Waals surface area contributed by atoms with Gasteiger partial charge in [-0.05, 0) is 36.8 Å². The summed E-state index contributed by atoms with van der Waals surface area (Å²) < 4.78 is 15.8. The van der Waals surface area contributed by atoms with E-state index >= 15 is 0 Å². The highest BCUT2D eigenvalue weighted by Gasteiger charge is 2.83. The van der Waals surface area contributed by atoms with Crippen molar-refractivity contribution >= 4 is 41.0 Å². The third-order valence-electron chi connectivity index (χ3n) is 6.10. The molecule has 0 unspecified atom stereocenters. The van der Waals surface area contributed by atoms with Crippen molar-refractivity contribution in [3.05, 3.63) is 57.6 Å². The Hall–Kier alpha value is -2.77. The molecular formula is C23H21Cl2NO6. The fourth-order valence-corrected chi connectivity index (χ4v) is 4.87. The number of hydrogen-bond donors (Lipinski definition) is 0. The van der Waals surface area contributed by atoms with Crippen LogP contribution in [-0.2, 0) is 31.1 Å². The summed E-state index contributed by atoms with van der Waals surface area (Å²) in [5, 5.41) is 0.552. The first kappa shape index (κ1) is 22.4. The van der Waals surface area contributed by atoms with Gasteiger partial charge in [0.15, 0.2) is 0 Å². The van der Waals surface area contributed by atoms with Crippen LogP contribution in [0.15, 0.2) is 36.4 Å². The van der Waals surface area contributed by atoms with E-state index in [0.29, 0.717) is 27.6 Å². The van der Waals surface area contributed by atoms with Crippen LogP contribution in [0.5, 0.6) is 11.5 Å². The number of benzene rings is 2. The molecule has 2 fully saturated rings. The summed E-state index contributed by atoms with van der Waals surface area (Å²) in [6.07, 6.45) is 0. The number of esters is 1. The summed E-state index contributed by atoms with van der Waals surface area (Å²) in [6, 6.07) is 9.86. The van der Waals surface area contributed by atoms with Gasteiger partial charge in [-0.1, -0.05) is 29.3 Å². The van der Waals surface area contributed by atoms with Gasteiger partial charge in [0, 0.05) is 11.6 Å². The summed E-state index contributed by atoms with van der Waals surface area (Å²) in [5.41, 5.74) is -0.247. The van der Waals surface area contributed by atoms with Crippen LogP contribution in [-0.4, -0.2) is 43.5 Å². The first-order chi connectivity index (χ1) is 15.3. The molecule has 3 atom stereocenters. The quantitative estimate of drug-likeness (QED) is 0.447. The van der Waals surface area contributed by atoms with E-state index in [4.69, 9.17) is 37.4 Å². The molecule has 4 rings (SSSR count). The Balaban J connectivity index is 1.73. The minimum absolute atomic E-state index is 0.0000480. The average molecular weight is 478 g/mol. The molecule has 32 heavy (non-hydrogen) atoms. The molecule has 7 nitrogen and oxygen atoms in total. The summed E-state index contributed by atoms with van der Waals surface area (Å²) in [5.74, 6) is -2.16. The van der Waals surface area contributed by atoms with Crippen molar-refractivity contribution < 1.29 is 28.6 Å². The largest absolute Gasteiger partial charge is 0.497 e. The Bertz CT molecular complexity index is 1120. The number of halogens is 2. The number of piperidine rings is 1. The lowest BCUT2D eigenvalue weighted by Crippen LogP contribution is -2.40. The Morgan fingerprint density at radius 3 is 2.44 bits per heavy atom. The summed E-state index contributed by atoms with van der Waals surface area (Å²) in [6.45, 7) is 1.82. The number of likely N-dealkylation sites (tertiary alicyclic amines) is 1. The van der Waals surface area contributed by atoms with Gasteiger partial charge in [0.05, 0.1) is 49.3 Å². The number of methoxy groups -OCH3 is 2. The van der Waals surface area contributed by atoms with Gasteiger partial charge in [0.1, 0.15) is 16.9 Å². The Kier molecular flexibility index (Phi) is 5.81. The van der Waals surface area contributed by atoms with Crippen LogP contribution in [0, 0.1) is 11.8 Å². The highest BCUT2D eigenvalue weighted by Crippen LogP contribution is 2.66. The summed E-state index contributed by atoms with van der Waals surface area (Å²) in [7, 11) is 3.03. The predicted octanol–water partition coefficient (Wildman–Crippen LogP) is 3.63. The molecule has 1 saturated carbocycles. The van der Waals surface area contributed by atoms with Gasteiger partial charge in [0.2, 0.25) is 11.8 Å². The van der Waals surface area contributed by atoms with E-state index in [1.807, 2.05) is 0 Å². The topological polar surface area (TPSA) is 82.1 Å². The van der Waals surface area contributed by atoms with Crippen LogP contribution in [0.25, 0.3) is 0 Å². The molecule has 1 aliphatic heterocycles. The molecule has 9 heteroatoms. The Morgan fingerprint density at radius 1 is 1.06 bits per heavy atom. The Morgan fingerprint density at radius 2 is 1.81 bits per heavy atom. The standard InChI is InChI=1S/C23H21Cl2NO6/c1-4-32-21(28)19-18-20(27)26(11-12-5-7-14(30-2)10-17(12)31-3)22(29)23(18,19)13-6-8-15(24)16(25)9-13/h5-10,18-19H,4,11H2,1-3H3/t18-,19-,23+/m0/s1. The van der Waals surface area contributed by atoms with E-state index in [0.717, 1.165) is 4.90 Å². The van der Waals surface area contributed by atoms with Gasteiger partial charge in [0.25, 0.3) is 0 Å². The zero-order valence-corrected chi connectivity index (χ0v) is 19.2. The third kappa shape index (κ3) is 3.22. The van der Waals surface area contributed by atoms with Crippen molar-refractivity contribution in [3.63, 3.8) is 0 Å². The molecule has 2 aromatic rings. The second-order valence-electron chi connectivity index (χ2n) is 7.61. The van der Waals surface area contributed by atoms with Gasteiger partial charge in [-0.25, -0.2) is 0 Å². The number of rotatable bonds is 7. The fraction of sp³-hybridized carbons (Fsp3) is 0.348. The highest BCUT2D eigenvalue weighted by atomic mass is 35.5. The number of hydrogen-bond acceptors (Lipinski definition) is 6. The zero-order chi connectivity index (χ0) is 23.2. The lowest BCUT2D eigenvalue weighted by Gasteiger charge is -2.23. The van der Waals surface area contributed by atoms with Crippen molar-refractivity contribution in [2.45, 2.75) is 18.9 Å². The molecule has 0 aromatic heterocycles.